The lowest BCUT2D eigenvalue weighted by molar-refractivity contribution is 0.0951. The van der Waals surface area contributed by atoms with Gasteiger partial charge >= 0.3 is 0 Å². The normalized spacial score (nSPS) is 11.0. The minimum atomic E-state index is -3.67. The van der Waals surface area contributed by atoms with E-state index < -0.39 is 10.0 Å². The summed E-state index contributed by atoms with van der Waals surface area (Å²) >= 11 is 0. The van der Waals surface area contributed by atoms with Crippen LogP contribution in [0.15, 0.2) is 83.8 Å². The van der Waals surface area contributed by atoms with Crippen molar-refractivity contribution in [1.29, 1.82) is 0 Å². The Kier molecular flexibility index (Phi) is 7.31. The molecule has 3 aromatic rings. The second-order valence-corrected chi connectivity index (χ2v) is 8.66. The van der Waals surface area contributed by atoms with Crippen molar-refractivity contribution in [3.05, 3.63) is 90.0 Å². The van der Waals surface area contributed by atoms with Gasteiger partial charge in [0.15, 0.2) is 0 Å². The van der Waals surface area contributed by atoms with Crippen molar-refractivity contribution < 1.29 is 17.9 Å². The first-order valence-electron chi connectivity index (χ1n) is 10.1. The van der Waals surface area contributed by atoms with E-state index in [9.17, 15) is 13.2 Å². The Labute approximate surface area is 183 Å². The van der Waals surface area contributed by atoms with E-state index in [4.69, 9.17) is 4.74 Å². The van der Waals surface area contributed by atoms with E-state index >= 15 is 0 Å². The highest BCUT2D eigenvalue weighted by atomic mass is 32.2. The topological polar surface area (TPSA) is 75.7 Å². The SMILES string of the molecule is CCOc1cccc(CNC(=O)c2ccc(N(CC)S(=O)(=O)c3ccccc3)cc2)c1. The molecular formula is C24H26N2O4S. The van der Waals surface area contributed by atoms with Gasteiger partial charge in [0.05, 0.1) is 17.2 Å². The molecule has 3 rings (SSSR count). The summed E-state index contributed by atoms with van der Waals surface area (Å²) in [4.78, 5) is 12.8. The van der Waals surface area contributed by atoms with Crippen LogP contribution in [0.3, 0.4) is 0 Å². The highest BCUT2D eigenvalue weighted by Crippen LogP contribution is 2.24. The van der Waals surface area contributed by atoms with Crippen LogP contribution in [0.4, 0.5) is 5.69 Å². The first-order valence-corrected chi connectivity index (χ1v) is 11.6. The molecule has 0 saturated carbocycles. The summed E-state index contributed by atoms with van der Waals surface area (Å²) in [6.45, 7) is 4.92. The lowest BCUT2D eigenvalue weighted by Crippen LogP contribution is -2.30. The zero-order chi connectivity index (χ0) is 22.3. The third-order valence-corrected chi connectivity index (χ3v) is 6.62. The van der Waals surface area contributed by atoms with Gasteiger partial charge in [0.1, 0.15) is 5.75 Å². The van der Waals surface area contributed by atoms with E-state index in [1.807, 2.05) is 31.2 Å². The number of carbonyl (C=O) groups excluding carboxylic acids is 1. The maximum atomic E-state index is 13.0. The molecule has 1 N–H and O–H groups in total. The molecule has 3 aromatic carbocycles. The number of benzene rings is 3. The molecule has 0 fully saturated rings. The van der Waals surface area contributed by atoms with Gasteiger partial charge in [0, 0.05) is 18.7 Å². The molecule has 0 aromatic heterocycles. The Morgan fingerprint density at radius 3 is 2.29 bits per heavy atom. The van der Waals surface area contributed by atoms with Crippen LogP contribution in [0.25, 0.3) is 0 Å². The molecule has 31 heavy (non-hydrogen) atoms. The predicted octanol–water partition coefficient (Wildman–Crippen LogP) is 4.23. The first-order chi connectivity index (χ1) is 15.0. The maximum Gasteiger partial charge on any atom is 0.264 e. The molecule has 0 heterocycles. The lowest BCUT2D eigenvalue weighted by Gasteiger charge is -2.23. The van der Waals surface area contributed by atoms with Gasteiger partial charge in [0.2, 0.25) is 0 Å². The van der Waals surface area contributed by atoms with Gasteiger partial charge in [0.25, 0.3) is 15.9 Å². The molecular weight excluding hydrogens is 412 g/mol. The number of nitrogens with one attached hydrogen (secondary N) is 1. The molecule has 0 spiro atoms. The van der Waals surface area contributed by atoms with Crippen molar-refractivity contribution in [1.82, 2.24) is 5.32 Å². The molecule has 7 heteroatoms. The number of rotatable bonds is 9. The number of carbonyl (C=O) groups is 1. The molecule has 0 aliphatic rings. The highest BCUT2D eigenvalue weighted by Gasteiger charge is 2.23. The van der Waals surface area contributed by atoms with Crippen LogP contribution in [0.5, 0.6) is 5.75 Å². The number of hydrogen-bond donors (Lipinski definition) is 1. The number of ether oxygens (including phenoxy) is 1. The van der Waals surface area contributed by atoms with Gasteiger partial charge in [-0.1, -0.05) is 30.3 Å². The number of hydrogen-bond acceptors (Lipinski definition) is 4. The number of sulfonamides is 1. The standard InChI is InChI=1S/C24H26N2O4S/c1-3-26(31(28,29)23-11-6-5-7-12-23)21-15-13-20(14-16-21)24(27)25-18-19-9-8-10-22(17-19)30-4-2/h5-17H,3-4,18H2,1-2H3,(H,25,27). The van der Waals surface area contributed by atoms with Gasteiger partial charge in [-0.2, -0.15) is 0 Å². The van der Waals surface area contributed by atoms with E-state index in [0.29, 0.717) is 24.4 Å². The Morgan fingerprint density at radius 1 is 0.935 bits per heavy atom. The van der Waals surface area contributed by atoms with Crippen molar-refractivity contribution in [2.24, 2.45) is 0 Å². The second-order valence-electron chi connectivity index (χ2n) is 6.79. The van der Waals surface area contributed by atoms with Crippen molar-refractivity contribution in [2.45, 2.75) is 25.3 Å². The van der Waals surface area contributed by atoms with Crippen molar-refractivity contribution in [2.75, 3.05) is 17.5 Å². The Hall–Kier alpha value is -3.32. The summed E-state index contributed by atoms with van der Waals surface area (Å²) in [6, 6.07) is 22.4. The van der Waals surface area contributed by atoms with Crippen LogP contribution in [-0.4, -0.2) is 27.5 Å². The average molecular weight is 439 g/mol. The molecule has 0 aliphatic heterocycles. The Morgan fingerprint density at radius 2 is 1.65 bits per heavy atom. The smallest absolute Gasteiger partial charge is 0.264 e. The van der Waals surface area contributed by atoms with E-state index in [0.717, 1.165) is 11.3 Å². The van der Waals surface area contributed by atoms with E-state index in [-0.39, 0.29) is 17.3 Å². The average Bonchev–Trinajstić information content (AvgIpc) is 2.79. The van der Waals surface area contributed by atoms with Crippen molar-refractivity contribution >= 4 is 21.6 Å². The highest BCUT2D eigenvalue weighted by molar-refractivity contribution is 7.92. The van der Waals surface area contributed by atoms with Crippen molar-refractivity contribution in [3.63, 3.8) is 0 Å². The monoisotopic (exact) mass is 438 g/mol. The molecule has 0 atom stereocenters. The van der Waals surface area contributed by atoms with E-state index in [1.54, 1.807) is 61.5 Å². The van der Waals surface area contributed by atoms with Crippen LogP contribution in [0.2, 0.25) is 0 Å². The predicted molar refractivity (Wildman–Crippen MR) is 122 cm³/mol. The summed E-state index contributed by atoms with van der Waals surface area (Å²) in [6.07, 6.45) is 0. The minimum Gasteiger partial charge on any atom is -0.494 e. The van der Waals surface area contributed by atoms with Crippen LogP contribution >= 0.6 is 0 Å². The summed E-state index contributed by atoms with van der Waals surface area (Å²) in [5.74, 6) is 0.528. The van der Waals surface area contributed by atoms with E-state index in [1.165, 1.54) is 4.31 Å². The molecule has 1 amide bonds. The Bertz CT molecular complexity index is 1110. The molecule has 0 saturated heterocycles. The fourth-order valence-corrected chi connectivity index (χ4v) is 4.68. The fraction of sp³-hybridized carbons (Fsp3) is 0.208. The summed E-state index contributed by atoms with van der Waals surface area (Å²) in [5, 5.41) is 2.88. The first kappa shape index (κ1) is 22.4. The second kappa shape index (κ2) is 10.1. The lowest BCUT2D eigenvalue weighted by atomic mass is 10.1. The van der Waals surface area contributed by atoms with Gasteiger partial charge in [-0.15, -0.1) is 0 Å². The third kappa shape index (κ3) is 5.44. The van der Waals surface area contributed by atoms with Gasteiger partial charge in [-0.05, 0) is 67.9 Å². The van der Waals surface area contributed by atoms with Gasteiger partial charge < -0.3 is 10.1 Å². The van der Waals surface area contributed by atoms with Gasteiger partial charge in [-0.3, -0.25) is 9.10 Å². The van der Waals surface area contributed by atoms with Crippen LogP contribution in [-0.2, 0) is 16.6 Å². The zero-order valence-corrected chi connectivity index (χ0v) is 18.4. The minimum absolute atomic E-state index is 0.230. The summed E-state index contributed by atoms with van der Waals surface area (Å²) < 4.78 is 32.7. The zero-order valence-electron chi connectivity index (χ0n) is 17.6. The van der Waals surface area contributed by atoms with E-state index in [2.05, 4.69) is 5.32 Å². The largest absolute Gasteiger partial charge is 0.494 e. The Balaban J connectivity index is 1.70. The van der Waals surface area contributed by atoms with Crippen LogP contribution in [0, 0.1) is 0 Å². The quantitative estimate of drug-likeness (QED) is 0.542. The van der Waals surface area contributed by atoms with Crippen molar-refractivity contribution in [3.8, 4) is 5.75 Å². The number of anilines is 1. The fourth-order valence-electron chi connectivity index (χ4n) is 3.19. The molecule has 0 aliphatic carbocycles. The third-order valence-electron chi connectivity index (χ3n) is 4.70. The summed E-state index contributed by atoms with van der Waals surface area (Å²) in [7, 11) is -3.67. The maximum absolute atomic E-state index is 13.0. The van der Waals surface area contributed by atoms with Crippen LogP contribution < -0.4 is 14.4 Å². The molecule has 0 radical (unpaired) electrons. The molecule has 0 unspecified atom stereocenters. The van der Waals surface area contributed by atoms with Gasteiger partial charge in [-0.25, -0.2) is 8.42 Å². The molecule has 6 nitrogen and oxygen atoms in total. The number of nitrogens with zero attached hydrogens (tertiary/aromatic N) is 1. The number of amides is 1. The molecule has 0 bridgehead atoms. The van der Waals surface area contributed by atoms with Crippen LogP contribution in [0.1, 0.15) is 29.8 Å². The summed E-state index contributed by atoms with van der Waals surface area (Å²) in [5.41, 5.74) is 1.90. The molecule has 162 valence electrons.